The van der Waals surface area contributed by atoms with E-state index in [0.29, 0.717) is 28.9 Å². The Balaban J connectivity index is 2.04. The van der Waals surface area contributed by atoms with Crippen LogP contribution in [0, 0.1) is 6.92 Å². The molecule has 8 heteroatoms. The van der Waals surface area contributed by atoms with Crippen LogP contribution in [-0.4, -0.2) is 53.9 Å². The van der Waals surface area contributed by atoms with Gasteiger partial charge in [-0.05, 0) is 38.2 Å². The Hall–Kier alpha value is -2.51. The van der Waals surface area contributed by atoms with Crippen LogP contribution in [0.15, 0.2) is 24.3 Å². The summed E-state index contributed by atoms with van der Waals surface area (Å²) in [4.78, 5) is 14.6. The first-order chi connectivity index (χ1) is 13.9. The molecule has 1 heterocycles. The van der Waals surface area contributed by atoms with Gasteiger partial charge in [0.1, 0.15) is 11.8 Å². The van der Waals surface area contributed by atoms with Gasteiger partial charge in [-0.15, -0.1) is 0 Å². The summed E-state index contributed by atoms with van der Waals surface area (Å²) in [5.74, 6) is 0.937. The monoisotopic (exact) mass is 420 g/mol. The number of aromatic nitrogens is 2. The number of halogens is 1. The van der Waals surface area contributed by atoms with Gasteiger partial charge in [0.05, 0.1) is 12.8 Å². The fourth-order valence-corrected chi connectivity index (χ4v) is 3.11. The zero-order valence-corrected chi connectivity index (χ0v) is 18.4. The van der Waals surface area contributed by atoms with E-state index in [1.165, 1.54) is 6.08 Å². The minimum Gasteiger partial charge on any atom is -0.493 e. The first-order valence-electron chi connectivity index (χ1n) is 9.60. The average molecular weight is 421 g/mol. The number of hydrogen-bond donors (Lipinski definition) is 1. The van der Waals surface area contributed by atoms with E-state index in [1.807, 2.05) is 6.92 Å². The van der Waals surface area contributed by atoms with Crippen molar-refractivity contribution in [2.45, 2.75) is 20.8 Å². The summed E-state index contributed by atoms with van der Waals surface area (Å²) in [7, 11) is 3.35. The number of nitrogens with one attached hydrogen (secondary N) is 1. The molecule has 0 bridgehead atoms. The lowest BCUT2D eigenvalue weighted by molar-refractivity contribution is -0.111. The number of amides is 1. The fraction of sp³-hybridized carbons (Fsp3) is 0.429. The third-order valence-electron chi connectivity index (χ3n) is 4.59. The highest BCUT2D eigenvalue weighted by molar-refractivity contribution is 6.31. The number of benzene rings is 1. The number of carbonyl (C=O) groups excluding carboxylic acids is 1. The van der Waals surface area contributed by atoms with Crippen LogP contribution in [0.1, 0.15) is 25.1 Å². The molecule has 1 N–H and O–H groups in total. The summed E-state index contributed by atoms with van der Waals surface area (Å²) in [6.45, 7) is 9.38. The molecule has 29 heavy (non-hydrogen) atoms. The van der Waals surface area contributed by atoms with E-state index in [-0.39, 0.29) is 5.91 Å². The molecule has 0 fully saturated rings. The van der Waals surface area contributed by atoms with E-state index in [0.717, 1.165) is 30.9 Å². The molecule has 0 aliphatic carbocycles. The number of ether oxygens (including phenoxy) is 2. The van der Waals surface area contributed by atoms with Crippen LogP contribution in [0.5, 0.6) is 11.5 Å². The molecule has 0 aliphatic heterocycles. The zero-order valence-electron chi connectivity index (χ0n) is 17.7. The van der Waals surface area contributed by atoms with Gasteiger partial charge < -0.3 is 19.7 Å². The van der Waals surface area contributed by atoms with Crippen molar-refractivity contribution in [3.8, 4) is 11.5 Å². The predicted molar refractivity (Wildman–Crippen MR) is 117 cm³/mol. The lowest BCUT2D eigenvalue weighted by Gasteiger charge is -2.19. The Morgan fingerprint density at radius 1 is 1.31 bits per heavy atom. The van der Waals surface area contributed by atoms with Crippen LogP contribution >= 0.6 is 11.6 Å². The second-order valence-corrected chi connectivity index (χ2v) is 6.84. The maximum absolute atomic E-state index is 12.3. The van der Waals surface area contributed by atoms with E-state index < -0.39 is 0 Å². The molecule has 1 aromatic carbocycles. The minimum atomic E-state index is -0.274. The van der Waals surface area contributed by atoms with Crippen LogP contribution in [0.3, 0.4) is 0 Å². The van der Waals surface area contributed by atoms with Gasteiger partial charge in [0.25, 0.3) is 0 Å². The second-order valence-electron chi connectivity index (χ2n) is 6.48. The van der Waals surface area contributed by atoms with Crippen molar-refractivity contribution in [3.63, 3.8) is 0 Å². The van der Waals surface area contributed by atoms with E-state index in [1.54, 1.807) is 43.1 Å². The highest BCUT2D eigenvalue weighted by Crippen LogP contribution is 2.30. The number of likely N-dealkylation sites (N-methyl/N-ethyl adjacent to an activating group) is 1. The summed E-state index contributed by atoms with van der Waals surface area (Å²) in [5, 5.41) is 7.54. The number of carbonyl (C=O) groups is 1. The Morgan fingerprint density at radius 2 is 2.03 bits per heavy atom. The summed E-state index contributed by atoms with van der Waals surface area (Å²) in [6.07, 6.45) is 3.09. The fourth-order valence-electron chi connectivity index (χ4n) is 2.87. The lowest BCUT2D eigenvalue weighted by atomic mass is 10.2. The van der Waals surface area contributed by atoms with Gasteiger partial charge in [-0.1, -0.05) is 25.4 Å². The molecule has 7 nitrogen and oxygen atoms in total. The second kappa shape index (κ2) is 10.9. The average Bonchev–Trinajstić information content (AvgIpc) is 2.95. The molecular weight excluding hydrogens is 392 g/mol. The molecule has 0 unspecified atom stereocenters. The minimum absolute atomic E-state index is 0.274. The summed E-state index contributed by atoms with van der Waals surface area (Å²) < 4.78 is 12.8. The topological polar surface area (TPSA) is 68.6 Å². The lowest BCUT2D eigenvalue weighted by Crippen LogP contribution is -2.28. The molecule has 0 aliphatic rings. The van der Waals surface area contributed by atoms with Gasteiger partial charge in [-0.2, -0.15) is 5.10 Å². The van der Waals surface area contributed by atoms with Crippen LogP contribution in [0.4, 0.5) is 5.69 Å². The van der Waals surface area contributed by atoms with Crippen LogP contribution in [-0.2, 0) is 11.8 Å². The number of methoxy groups -OCH3 is 1. The molecule has 158 valence electrons. The Morgan fingerprint density at radius 3 is 2.62 bits per heavy atom. The molecule has 2 rings (SSSR count). The Labute approximate surface area is 177 Å². The van der Waals surface area contributed by atoms with Gasteiger partial charge in [-0.25, -0.2) is 0 Å². The van der Waals surface area contributed by atoms with E-state index in [2.05, 4.69) is 29.2 Å². The summed E-state index contributed by atoms with van der Waals surface area (Å²) >= 11 is 6.19. The number of anilines is 1. The van der Waals surface area contributed by atoms with Gasteiger partial charge in [0.15, 0.2) is 11.5 Å². The highest BCUT2D eigenvalue weighted by Gasteiger charge is 2.10. The molecular formula is C21H29ClN4O3. The maximum atomic E-state index is 12.3. The van der Waals surface area contributed by atoms with Crippen molar-refractivity contribution in [2.24, 2.45) is 7.05 Å². The zero-order chi connectivity index (χ0) is 21.4. The Bertz CT molecular complexity index is 860. The SMILES string of the molecule is CCN(CC)CCOc1cc(NC(=O)/C=C/c2c(C)nn(C)c2Cl)ccc1OC. The standard InChI is InChI=1S/C21H29ClN4O3/c1-6-26(7-2)12-13-29-19-14-16(8-10-18(19)28-5)23-20(27)11-9-17-15(3)24-25(4)21(17)22/h8-11,14H,6-7,12-13H2,1-5H3,(H,23,27)/b11-9+. The third kappa shape index (κ3) is 6.24. The largest absolute Gasteiger partial charge is 0.493 e. The summed E-state index contributed by atoms with van der Waals surface area (Å²) in [5.41, 5.74) is 2.10. The van der Waals surface area contributed by atoms with Crippen molar-refractivity contribution >= 4 is 29.3 Å². The number of hydrogen-bond acceptors (Lipinski definition) is 5. The van der Waals surface area contributed by atoms with Crippen molar-refractivity contribution in [2.75, 3.05) is 38.7 Å². The molecule has 0 radical (unpaired) electrons. The molecule has 0 spiro atoms. The number of aryl methyl sites for hydroxylation is 2. The van der Waals surface area contributed by atoms with Crippen molar-refractivity contribution in [3.05, 3.63) is 40.7 Å². The van der Waals surface area contributed by atoms with Crippen molar-refractivity contribution in [1.29, 1.82) is 0 Å². The van der Waals surface area contributed by atoms with Crippen LogP contribution in [0.2, 0.25) is 5.15 Å². The highest BCUT2D eigenvalue weighted by atomic mass is 35.5. The molecule has 2 aromatic rings. The normalized spacial score (nSPS) is 11.3. The van der Waals surface area contributed by atoms with Crippen molar-refractivity contribution < 1.29 is 14.3 Å². The molecule has 1 amide bonds. The smallest absolute Gasteiger partial charge is 0.248 e. The van der Waals surface area contributed by atoms with Gasteiger partial charge in [0.2, 0.25) is 5.91 Å². The third-order valence-corrected chi connectivity index (χ3v) is 5.04. The first kappa shape index (κ1) is 22.8. The quantitative estimate of drug-likeness (QED) is 0.592. The van der Waals surface area contributed by atoms with Gasteiger partial charge >= 0.3 is 0 Å². The van der Waals surface area contributed by atoms with E-state index >= 15 is 0 Å². The molecule has 0 saturated carbocycles. The number of nitrogens with zero attached hydrogens (tertiary/aromatic N) is 3. The number of rotatable bonds is 10. The molecule has 0 saturated heterocycles. The first-order valence-corrected chi connectivity index (χ1v) is 9.98. The predicted octanol–water partition coefficient (Wildman–Crippen LogP) is 3.76. The maximum Gasteiger partial charge on any atom is 0.248 e. The summed E-state index contributed by atoms with van der Waals surface area (Å²) in [6, 6.07) is 5.30. The van der Waals surface area contributed by atoms with Crippen LogP contribution < -0.4 is 14.8 Å². The molecule has 0 atom stereocenters. The van der Waals surface area contributed by atoms with Crippen LogP contribution in [0.25, 0.3) is 6.08 Å². The molecule has 1 aromatic heterocycles. The Kier molecular flexibility index (Phi) is 8.54. The van der Waals surface area contributed by atoms with Gasteiger partial charge in [0, 0.05) is 37.0 Å². The van der Waals surface area contributed by atoms with Crippen molar-refractivity contribution in [1.82, 2.24) is 14.7 Å². The van der Waals surface area contributed by atoms with Gasteiger partial charge in [-0.3, -0.25) is 9.48 Å². The van der Waals surface area contributed by atoms with E-state index in [4.69, 9.17) is 21.1 Å². The van der Waals surface area contributed by atoms with E-state index in [9.17, 15) is 4.79 Å².